The summed E-state index contributed by atoms with van der Waals surface area (Å²) in [4.78, 5) is 0. The SMILES string of the molecule is CCCNC(CCc1ccccc1)CC(C)(C)C. The molecule has 0 saturated heterocycles. The molecule has 1 rings (SSSR count). The van der Waals surface area contributed by atoms with E-state index in [4.69, 9.17) is 0 Å². The first-order valence-corrected chi connectivity index (χ1v) is 7.28. The van der Waals surface area contributed by atoms with Crippen molar-refractivity contribution in [3.63, 3.8) is 0 Å². The van der Waals surface area contributed by atoms with Gasteiger partial charge in [-0.05, 0) is 43.2 Å². The van der Waals surface area contributed by atoms with Crippen molar-refractivity contribution >= 4 is 0 Å². The lowest BCUT2D eigenvalue weighted by Crippen LogP contribution is -2.34. The minimum absolute atomic E-state index is 0.405. The smallest absolute Gasteiger partial charge is 0.00752 e. The van der Waals surface area contributed by atoms with Crippen LogP contribution in [-0.4, -0.2) is 12.6 Å². The van der Waals surface area contributed by atoms with Crippen LogP contribution in [0.5, 0.6) is 0 Å². The lowest BCUT2D eigenvalue weighted by Gasteiger charge is -2.27. The Balaban J connectivity index is 2.45. The Morgan fingerprint density at radius 1 is 1.11 bits per heavy atom. The quantitative estimate of drug-likeness (QED) is 0.752. The number of hydrogen-bond donors (Lipinski definition) is 1. The number of hydrogen-bond acceptors (Lipinski definition) is 1. The van der Waals surface area contributed by atoms with Crippen LogP contribution < -0.4 is 5.32 Å². The van der Waals surface area contributed by atoms with Gasteiger partial charge in [0.25, 0.3) is 0 Å². The normalized spacial score (nSPS) is 13.6. The number of aryl methyl sites for hydroxylation is 1. The minimum atomic E-state index is 0.405. The van der Waals surface area contributed by atoms with Crippen molar-refractivity contribution in [3.05, 3.63) is 35.9 Å². The summed E-state index contributed by atoms with van der Waals surface area (Å²) < 4.78 is 0. The fourth-order valence-electron chi connectivity index (χ4n) is 2.35. The second-order valence-electron chi connectivity index (χ2n) is 6.44. The monoisotopic (exact) mass is 247 g/mol. The van der Waals surface area contributed by atoms with Crippen LogP contribution in [0.25, 0.3) is 0 Å². The molecule has 18 heavy (non-hydrogen) atoms. The minimum Gasteiger partial charge on any atom is -0.314 e. The van der Waals surface area contributed by atoms with Crippen LogP contribution in [0.4, 0.5) is 0 Å². The van der Waals surface area contributed by atoms with E-state index in [9.17, 15) is 0 Å². The summed E-state index contributed by atoms with van der Waals surface area (Å²) in [6, 6.07) is 11.5. The molecule has 0 saturated carbocycles. The Hall–Kier alpha value is -0.820. The molecular weight excluding hydrogens is 218 g/mol. The summed E-state index contributed by atoms with van der Waals surface area (Å²) in [5.74, 6) is 0. The van der Waals surface area contributed by atoms with Crippen LogP contribution in [0.15, 0.2) is 30.3 Å². The number of nitrogens with one attached hydrogen (secondary N) is 1. The second kappa shape index (κ2) is 7.58. The highest BCUT2D eigenvalue weighted by Gasteiger charge is 2.17. The van der Waals surface area contributed by atoms with E-state index < -0.39 is 0 Å². The molecule has 0 bridgehead atoms. The Morgan fingerprint density at radius 2 is 1.78 bits per heavy atom. The molecule has 1 N–H and O–H groups in total. The first kappa shape index (κ1) is 15.2. The van der Waals surface area contributed by atoms with Gasteiger partial charge in [0, 0.05) is 6.04 Å². The highest BCUT2D eigenvalue weighted by molar-refractivity contribution is 5.14. The topological polar surface area (TPSA) is 12.0 Å². The summed E-state index contributed by atoms with van der Waals surface area (Å²) in [5.41, 5.74) is 1.86. The average Bonchev–Trinajstić information content (AvgIpc) is 2.32. The molecule has 102 valence electrons. The molecule has 0 spiro atoms. The molecule has 0 aliphatic heterocycles. The first-order valence-electron chi connectivity index (χ1n) is 7.28. The maximum Gasteiger partial charge on any atom is 0.00752 e. The van der Waals surface area contributed by atoms with E-state index in [1.54, 1.807) is 0 Å². The molecule has 1 nitrogen and oxygen atoms in total. The van der Waals surface area contributed by atoms with Crippen LogP contribution in [0.2, 0.25) is 0 Å². The van der Waals surface area contributed by atoms with Crippen LogP contribution >= 0.6 is 0 Å². The molecule has 1 aromatic carbocycles. The summed E-state index contributed by atoms with van der Waals surface area (Å²) in [6.07, 6.45) is 4.88. The standard InChI is InChI=1S/C17H29N/c1-5-13-18-16(14-17(2,3)4)12-11-15-9-7-6-8-10-15/h6-10,16,18H,5,11-14H2,1-4H3. The zero-order valence-corrected chi connectivity index (χ0v) is 12.5. The van der Waals surface area contributed by atoms with Crippen LogP contribution in [0, 0.1) is 5.41 Å². The van der Waals surface area contributed by atoms with Gasteiger partial charge in [0.1, 0.15) is 0 Å². The Morgan fingerprint density at radius 3 is 2.33 bits per heavy atom. The lowest BCUT2D eigenvalue weighted by molar-refractivity contribution is 0.298. The summed E-state index contributed by atoms with van der Waals surface area (Å²) in [6.45, 7) is 10.4. The van der Waals surface area contributed by atoms with Crippen LogP contribution in [0.3, 0.4) is 0 Å². The third-order valence-corrected chi connectivity index (χ3v) is 3.17. The van der Waals surface area contributed by atoms with E-state index in [0.717, 1.165) is 6.54 Å². The van der Waals surface area contributed by atoms with E-state index in [-0.39, 0.29) is 0 Å². The maximum absolute atomic E-state index is 3.70. The van der Waals surface area contributed by atoms with Gasteiger partial charge in [-0.1, -0.05) is 58.0 Å². The zero-order chi connectivity index (χ0) is 13.4. The average molecular weight is 247 g/mol. The molecule has 0 amide bonds. The van der Waals surface area contributed by atoms with Gasteiger partial charge >= 0.3 is 0 Å². The summed E-state index contributed by atoms with van der Waals surface area (Å²) >= 11 is 0. The van der Waals surface area contributed by atoms with Crippen molar-refractivity contribution in [1.29, 1.82) is 0 Å². The maximum atomic E-state index is 3.70. The third kappa shape index (κ3) is 6.80. The van der Waals surface area contributed by atoms with E-state index in [2.05, 4.69) is 63.3 Å². The molecule has 1 unspecified atom stereocenters. The predicted octanol–water partition coefficient (Wildman–Crippen LogP) is 4.42. The van der Waals surface area contributed by atoms with Gasteiger partial charge < -0.3 is 5.32 Å². The largest absolute Gasteiger partial charge is 0.314 e. The van der Waals surface area contributed by atoms with Gasteiger partial charge in [-0.3, -0.25) is 0 Å². The third-order valence-electron chi connectivity index (χ3n) is 3.17. The molecule has 0 aliphatic rings. The lowest BCUT2D eigenvalue weighted by atomic mass is 9.86. The van der Waals surface area contributed by atoms with Crippen molar-refractivity contribution in [2.24, 2.45) is 5.41 Å². The van der Waals surface area contributed by atoms with E-state index in [0.29, 0.717) is 11.5 Å². The molecule has 0 radical (unpaired) electrons. The van der Waals surface area contributed by atoms with Crippen LogP contribution in [-0.2, 0) is 6.42 Å². The Bertz CT molecular complexity index is 310. The Kier molecular flexibility index (Phi) is 6.42. The van der Waals surface area contributed by atoms with Crippen molar-refractivity contribution in [2.45, 2.75) is 59.4 Å². The fraction of sp³-hybridized carbons (Fsp3) is 0.647. The van der Waals surface area contributed by atoms with Gasteiger partial charge in [-0.25, -0.2) is 0 Å². The highest BCUT2D eigenvalue weighted by Crippen LogP contribution is 2.23. The van der Waals surface area contributed by atoms with Gasteiger partial charge in [-0.2, -0.15) is 0 Å². The highest BCUT2D eigenvalue weighted by atomic mass is 14.9. The Labute approximate surface area is 113 Å². The summed E-state index contributed by atoms with van der Waals surface area (Å²) in [7, 11) is 0. The molecule has 0 fully saturated rings. The first-order chi connectivity index (χ1) is 8.51. The van der Waals surface area contributed by atoms with E-state index in [1.165, 1.54) is 31.2 Å². The van der Waals surface area contributed by atoms with Gasteiger partial charge in [-0.15, -0.1) is 0 Å². The van der Waals surface area contributed by atoms with Crippen molar-refractivity contribution < 1.29 is 0 Å². The van der Waals surface area contributed by atoms with Crippen LogP contribution in [0.1, 0.15) is 52.5 Å². The molecule has 0 aliphatic carbocycles. The number of rotatable bonds is 7. The molecule has 0 heterocycles. The van der Waals surface area contributed by atoms with Crippen molar-refractivity contribution in [1.82, 2.24) is 5.32 Å². The van der Waals surface area contributed by atoms with Crippen molar-refractivity contribution in [2.75, 3.05) is 6.54 Å². The molecule has 1 aromatic rings. The van der Waals surface area contributed by atoms with Gasteiger partial charge in [0.15, 0.2) is 0 Å². The zero-order valence-electron chi connectivity index (χ0n) is 12.5. The van der Waals surface area contributed by atoms with Crippen molar-refractivity contribution in [3.8, 4) is 0 Å². The number of benzene rings is 1. The van der Waals surface area contributed by atoms with Gasteiger partial charge in [0.2, 0.25) is 0 Å². The van der Waals surface area contributed by atoms with E-state index >= 15 is 0 Å². The second-order valence-corrected chi connectivity index (χ2v) is 6.44. The molecular formula is C17H29N. The molecule has 1 heteroatoms. The predicted molar refractivity (Wildman–Crippen MR) is 80.9 cm³/mol. The summed E-state index contributed by atoms with van der Waals surface area (Å²) in [5, 5.41) is 3.70. The molecule has 1 atom stereocenters. The molecule has 0 aromatic heterocycles. The van der Waals surface area contributed by atoms with E-state index in [1.807, 2.05) is 0 Å². The fourth-order valence-corrected chi connectivity index (χ4v) is 2.35. The van der Waals surface area contributed by atoms with Gasteiger partial charge in [0.05, 0.1) is 0 Å².